The molecule has 3 rings (SSSR count). The highest BCUT2D eigenvalue weighted by atomic mass is 16.3. The van der Waals surface area contributed by atoms with Gasteiger partial charge >= 0.3 is 0 Å². The van der Waals surface area contributed by atoms with Crippen LogP contribution >= 0.6 is 0 Å². The standard InChI is InChI=1S/C16H14N4O/c1-11-16(19-14-8-4-3-7-13(14)18-11)20-17-10-12-6-2-5-9-15(12)21/h2-10,21H,1H3,(H,19,20)/b17-10+. The van der Waals surface area contributed by atoms with Gasteiger partial charge in [0.15, 0.2) is 5.82 Å². The third-order valence-corrected chi connectivity index (χ3v) is 3.06. The van der Waals surface area contributed by atoms with Crippen LogP contribution in [-0.4, -0.2) is 21.3 Å². The molecule has 0 aliphatic carbocycles. The number of hydrogen-bond donors (Lipinski definition) is 2. The van der Waals surface area contributed by atoms with Gasteiger partial charge in [0.1, 0.15) is 5.75 Å². The maximum absolute atomic E-state index is 9.66. The average Bonchev–Trinajstić information content (AvgIpc) is 2.49. The highest BCUT2D eigenvalue weighted by Gasteiger charge is 2.03. The fraction of sp³-hybridized carbons (Fsp3) is 0.0625. The first kappa shape index (κ1) is 13.1. The van der Waals surface area contributed by atoms with Gasteiger partial charge in [-0.2, -0.15) is 5.10 Å². The predicted molar refractivity (Wildman–Crippen MR) is 83.6 cm³/mol. The molecular weight excluding hydrogens is 264 g/mol. The van der Waals surface area contributed by atoms with E-state index in [0.29, 0.717) is 11.4 Å². The third-order valence-electron chi connectivity index (χ3n) is 3.06. The molecule has 0 unspecified atom stereocenters. The molecular formula is C16H14N4O. The number of fused-ring (bicyclic) bond motifs is 1. The van der Waals surface area contributed by atoms with Crippen LogP contribution < -0.4 is 5.43 Å². The lowest BCUT2D eigenvalue weighted by molar-refractivity contribution is 0.474. The van der Waals surface area contributed by atoms with Gasteiger partial charge in [0.05, 0.1) is 22.9 Å². The number of aromatic hydroxyl groups is 1. The molecule has 5 nitrogen and oxygen atoms in total. The van der Waals surface area contributed by atoms with Crippen molar-refractivity contribution in [1.82, 2.24) is 9.97 Å². The Morgan fingerprint density at radius 2 is 1.67 bits per heavy atom. The van der Waals surface area contributed by atoms with Gasteiger partial charge < -0.3 is 5.11 Å². The SMILES string of the molecule is Cc1nc2ccccc2nc1N/N=C/c1ccccc1O. The lowest BCUT2D eigenvalue weighted by Crippen LogP contribution is -1.99. The van der Waals surface area contributed by atoms with E-state index in [4.69, 9.17) is 0 Å². The molecule has 0 atom stereocenters. The van der Waals surface area contributed by atoms with Gasteiger partial charge in [0.2, 0.25) is 0 Å². The summed E-state index contributed by atoms with van der Waals surface area (Å²) in [6, 6.07) is 14.7. The zero-order chi connectivity index (χ0) is 14.7. The minimum Gasteiger partial charge on any atom is -0.507 e. The quantitative estimate of drug-likeness (QED) is 0.570. The summed E-state index contributed by atoms with van der Waals surface area (Å²) >= 11 is 0. The molecule has 2 N–H and O–H groups in total. The number of aromatic nitrogens is 2. The summed E-state index contributed by atoms with van der Waals surface area (Å²) in [5.74, 6) is 0.782. The Hall–Kier alpha value is -2.95. The van der Waals surface area contributed by atoms with E-state index < -0.39 is 0 Å². The van der Waals surface area contributed by atoms with Crippen molar-refractivity contribution in [2.75, 3.05) is 5.43 Å². The number of rotatable bonds is 3. The van der Waals surface area contributed by atoms with Crippen LogP contribution in [0.4, 0.5) is 5.82 Å². The van der Waals surface area contributed by atoms with Crippen LogP contribution in [0, 0.1) is 6.92 Å². The van der Waals surface area contributed by atoms with Crippen molar-refractivity contribution in [3.8, 4) is 5.75 Å². The zero-order valence-electron chi connectivity index (χ0n) is 11.5. The summed E-state index contributed by atoms with van der Waals surface area (Å²) in [5, 5.41) is 13.8. The number of hydrazone groups is 1. The van der Waals surface area contributed by atoms with E-state index >= 15 is 0 Å². The number of aryl methyl sites for hydroxylation is 1. The Kier molecular flexibility index (Phi) is 3.47. The molecule has 0 bridgehead atoms. The topological polar surface area (TPSA) is 70.4 Å². The molecule has 0 saturated carbocycles. The van der Waals surface area contributed by atoms with Gasteiger partial charge in [-0.1, -0.05) is 24.3 Å². The second-order valence-electron chi connectivity index (χ2n) is 4.58. The number of nitrogens with one attached hydrogen (secondary N) is 1. The summed E-state index contributed by atoms with van der Waals surface area (Å²) in [6.07, 6.45) is 1.55. The van der Waals surface area contributed by atoms with Crippen LogP contribution in [0.1, 0.15) is 11.3 Å². The van der Waals surface area contributed by atoms with Crippen molar-refractivity contribution < 1.29 is 5.11 Å². The van der Waals surface area contributed by atoms with Crippen molar-refractivity contribution in [3.05, 3.63) is 59.8 Å². The van der Waals surface area contributed by atoms with E-state index in [1.54, 1.807) is 24.4 Å². The van der Waals surface area contributed by atoms with Gasteiger partial charge in [-0.25, -0.2) is 9.97 Å². The Bertz CT molecular complexity index is 814. The first-order valence-electron chi connectivity index (χ1n) is 6.54. The van der Waals surface area contributed by atoms with Crippen molar-refractivity contribution >= 4 is 23.1 Å². The van der Waals surface area contributed by atoms with E-state index in [9.17, 15) is 5.11 Å². The van der Waals surface area contributed by atoms with Crippen LogP contribution in [0.3, 0.4) is 0 Å². The van der Waals surface area contributed by atoms with Crippen molar-refractivity contribution in [3.63, 3.8) is 0 Å². The number of phenols is 1. The van der Waals surface area contributed by atoms with Gasteiger partial charge in [-0.05, 0) is 31.2 Å². The third kappa shape index (κ3) is 2.81. The molecule has 0 aliphatic rings. The summed E-state index contributed by atoms with van der Waals surface area (Å²) in [7, 11) is 0. The zero-order valence-corrected chi connectivity index (χ0v) is 11.5. The van der Waals surface area contributed by atoms with Gasteiger partial charge in [-0.15, -0.1) is 0 Å². The van der Waals surface area contributed by atoms with E-state index in [0.717, 1.165) is 16.7 Å². The first-order valence-corrected chi connectivity index (χ1v) is 6.54. The monoisotopic (exact) mass is 278 g/mol. The second-order valence-corrected chi connectivity index (χ2v) is 4.58. The fourth-order valence-corrected chi connectivity index (χ4v) is 1.95. The molecule has 5 heteroatoms. The first-order chi connectivity index (χ1) is 10.2. The molecule has 0 saturated heterocycles. The van der Waals surface area contributed by atoms with Gasteiger partial charge in [0.25, 0.3) is 0 Å². The maximum atomic E-state index is 9.66. The lowest BCUT2D eigenvalue weighted by Gasteiger charge is -2.05. The smallest absolute Gasteiger partial charge is 0.168 e. The van der Waals surface area contributed by atoms with Gasteiger partial charge in [0, 0.05) is 5.56 Å². The maximum Gasteiger partial charge on any atom is 0.168 e. The number of para-hydroxylation sites is 3. The molecule has 2 aromatic carbocycles. The van der Waals surface area contributed by atoms with Crippen LogP contribution in [0.25, 0.3) is 11.0 Å². The molecule has 3 aromatic rings. The largest absolute Gasteiger partial charge is 0.507 e. The Morgan fingerprint density at radius 1 is 1.00 bits per heavy atom. The summed E-state index contributed by atoms with van der Waals surface area (Å²) < 4.78 is 0. The van der Waals surface area contributed by atoms with Crippen LogP contribution in [0.2, 0.25) is 0 Å². The highest BCUT2D eigenvalue weighted by molar-refractivity contribution is 5.84. The summed E-state index contributed by atoms with van der Waals surface area (Å²) in [6.45, 7) is 1.87. The van der Waals surface area contributed by atoms with E-state index in [1.807, 2.05) is 37.3 Å². The van der Waals surface area contributed by atoms with Gasteiger partial charge in [-0.3, -0.25) is 5.43 Å². The number of anilines is 1. The Morgan fingerprint density at radius 3 is 2.43 bits per heavy atom. The molecule has 1 aromatic heterocycles. The molecule has 0 spiro atoms. The molecule has 0 fully saturated rings. The predicted octanol–water partition coefficient (Wildman–Crippen LogP) is 3.09. The Balaban J connectivity index is 1.85. The molecule has 1 heterocycles. The minimum atomic E-state index is 0.185. The minimum absolute atomic E-state index is 0.185. The van der Waals surface area contributed by atoms with E-state index in [-0.39, 0.29) is 5.75 Å². The molecule has 104 valence electrons. The number of benzene rings is 2. The van der Waals surface area contributed by atoms with E-state index in [1.165, 1.54) is 0 Å². The van der Waals surface area contributed by atoms with Crippen molar-refractivity contribution in [2.45, 2.75) is 6.92 Å². The summed E-state index contributed by atoms with van der Waals surface area (Å²) in [4.78, 5) is 8.95. The highest BCUT2D eigenvalue weighted by Crippen LogP contribution is 2.16. The molecule has 0 aliphatic heterocycles. The molecule has 0 amide bonds. The molecule has 21 heavy (non-hydrogen) atoms. The Labute approximate surface area is 122 Å². The average molecular weight is 278 g/mol. The van der Waals surface area contributed by atoms with Crippen molar-refractivity contribution in [2.24, 2.45) is 5.10 Å². The lowest BCUT2D eigenvalue weighted by atomic mass is 10.2. The number of phenolic OH excluding ortho intramolecular Hbond substituents is 1. The summed E-state index contributed by atoms with van der Waals surface area (Å²) in [5.41, 5.74) is 5.93. The number of hydrogen-bond acceptors (Lipinski definition) is 5. The molecule has 0 radical (unpaired) electrons. The normalized spacial score (nSPS) is 11.1. The number of nitrogens with zero attached hydrogens (tertiary/aromatic N) is 3. The fourth-order valence-electron chi connectivity index (χ4n) is 1.95. The van der Waals surface area contributed by atoms with E-state index in [2.05, 4.69) is 20.5 Å². The second kappa shape index (κ2) is 5.58. The van der Waals surface area contributed by atoms with Crippen LogP contribution in [0.5, 0.6) is 5.75 Å². The van der Waals surface area contributed by atoms with Crippen molar-refractivity contribution in [1.29, 1.82) is 0 Å². The van der Waals surface area contributed by atoms with Crippen LogP contribution in [0.15, 0.2) is 53.6 Å². The van der Waals surface area contributed by atoms with Crippen LogP contribution in [-0.2, 0) is 0 Å².